The Bertz CT molecular complexity index is 2370. The largest absolute Gasteiger partial charge is 0.310 e. The van der Waals surface area contributed by atoms with Crippen LogP contribution in [0.3, 0.4) is 0 Å². The van der Waals surface area contributed by atoms with Crippen molar-refractivity contribution in [2.75, 3.05) is 4.90 Å². The minimum atomic E-state index is -0.124. The second-order valence-corrected chi connectivity index (χ2v) is 14.8. The molecule has 50 heavy (non-hydrogen) atoms. The maximum atomic E-state index is 2.46. The van der Waals surface area contributed by atoms with Crippen molar-refractivity contribution < 1.29 is 0 Å². The van der Waals surface area contributed by atoms with E-state index in [1.165, 1.54) is 67.7 Å². The zero-order valence-corrected chi connectivity index (χ0v) is 28.6. The lowest BCUT2D eigenvalue weighted by atomic mass is 9.59. The van der Waals surface area contributed by atoms with Gasteiger partial charge in [0.2, 0.25) is 0 Å². The highest BCUT2D eigenvalue weighted by molar-refractivity contribution is 5.87. The third-order valence-corrected chi connectivity index (χ3v) is 11.7. The molecule has 11 rings (SSSR count). The van der Waals surface area contributed by atoms with Gasteiger partial charge in [0.15, 0.2) is 0 Å². The Morgan fingerprint density at radius 3 is 1.84 bits per heavy atom. The zero-order valence-electron chi connectivity index (χ0n) is 28.6. The lowest BCUT2D eigenvalue weighted by molar-refractivity contribution is 0.660. The number of nitrogens with zero attached hydrogens (tertiary/aromatic N) is 1. The summed E-state index contributed by atoms with van der Waals surface area (Å²) in [5.74, 6) is 0.743. The first-order chi connectivity index (χ1) is 24.6. The summed E-state index contributed by atoms with van der Waals surface area (Å²) in [7, 11) is 0. The molecule has 0 spiro atoms. The monoisotopic (exact) mass is 641 g/mol. The summed E-state index contributed by atoms with van der Waals surface area (Å²) in [6.07, 6.45) is 11.8. The van der Waals surface area contributed by atoms with E-state index in [0.717, 1.165) is 17.8 Å². The Balaban J connectivity index is 0.980. The Morgan fingerprint density at radius 1 is 0.540 bits per heavy atom. The van der Waals surface area contributed by atoms with Crippen LogP contribution < -0.4 is 4.90 Å². The van der Waals surface area contributed by atoms with E-state index in [4.69, 9.17) is 0 Å². The van der Waals surface area contributed by atoms with Gasteiger partial charge in [-0.1, -0.05) is 147 Å². The van der Waals surface area contributed by atoms with E-state index in [1.54, 1.807) is 11.1 Å². The van der Waals surface area contributed by atoms with E-state index in [1.807, 2.05) is 0 Å². The van der Waals surface area contributed by atoms with E-state index >= 15 is 0 Å². The second kappa shape index (κ2) is 11.2. The van der Waals surface area contributed by atoms with Crippen molar-refractivity contribution in [3.8, 4) is 11.1 Å². The number of anilines is 3. The summed E-state index contributed by atoms with van der Waals surface area (Å²) >= 11 is 0. The van der Waals surface area contributed by atoms with Crippen molar-refractivity contribution in [3.63, 3.8) is 0 Å². The van der Waals surface area contributed by atoms with Crippen LogP contribution in [-0.4, -0.2) is 0 Å². The molecule has 0 radical (unpaired) electrons. The van der Waals surface area contributed by atoms with E-state index in [2.05, 4.69) is 183 Å². The quantitative estimate of drug-likeness (QED) is 0.169. The summed E-state index contributed by atoms with van der Waals surface area (Å²) in [5, 5.41) is 0. The van der Waals surface area contributed by atoms with Crippen LogP contribution in [0.5, 0.6) is 0 Å². The number of hydrogen-bond acceptors (Lipinski definition) is 1. The van der Waals surface area contributed by atoms with Gasteiger partial charge in [0.1, 0.15) is 0 Å². The van der Waals surface area contributed by atoms with E-state index < -0.39 is 0 Å². The normalized spacial score (nSPS) is 18.8. The number of para-hydroxylation sites is 2. The average Bonchev–Trinajstić information content (AvgIpc) is 3.39. The number of rotatable bonds is 5. The van der Waals surface area contributed by atoms with Crippen LogP contribution in [0.25, 0.3) is 23.3 Å². The molecular formula is C49H39N. The number of benzene rings is 6. The zero-order chi connectivity index (χ0) is 33.4. The van der Waals surface area contributed by atoms with E-state index in [0.29, 0.717) is 11.8 Å². The molecule has 2 atom stereocenters. The van der Waals surface area contributed by atoms with Gasteiger partial charge >= 0.3 is 0 Å². The molecule has 0 amide bonds. The lowest BCUT2D eigenvalue weighted by Gasteiger charge is -2.44. The van der Waals surface area contributed by atoms with Gasteiger partial charge in [0.25, 0.3) is 0 Å². The van der Waals surface area contributed by atoms with E-state index in [-0.39, 0.29) is 5.41 Å². The molecule has 0 fully saturated rings. The Labute approximate surface area is 295 Å². The molecule has 0 saturated carbocycles. The molecule has 0 saturated heterocycles. The predicted octanol–water partition coefficient (Wildman–Crippen LogP) is 12.9. The molecule has 5 aliphatic rings. The SMILES string of the molecule is CC1(C)c2cc(/C=C/c3ccc4c(c3)C3C5=C(CCC=C5)C4c4ccccc43)ccc2-c2ccc(N(c3ccccc3)c3ccccc3)cc21. The van der Waals surface area contributed by atoms with Crippen molar-refractivity contribution in [1.82, 2.24) is 0 Å². The Morgan fingerprint density at radius 2 is 1.12 bits per heavy atom. The molecule has 6 aromatic carbocycles. The van der Waals surface area contributed by atoms with Crippen LogP contribution in [0.1, 0.15) is 83.0 Å². The number of fused-ring (bicyclic) bond motifs is 3. The lowest BCUT2D eigenvalue weighted by Crippen LogP contribution is -2.28. The van der Waals surface area contributed by atoms with Crippen LogP contribution in [0.4, 0.5) is 17.1 Å². The highest BCUT2D eigenvalue weighted by atomic mass is 15.1. The van der Waals surface area contributed by atoms with Gasteiger partial charge in [-0.05, 0) is 110 Å². The molecule has 5 aliphatic carbocycles. The van der Waals surface area contributed by atoms with Crippen LogP contribution >= 0.6 is 0 Å². The summed E-state index contributed by atoms with van der Waals surface area (Å²) in [6.45, 7) is 4.76. The van der Waals surface area contributed by atoms with Crippen LogP contribution in [0.2, 0.25) is 0 Å². The molecule has 6 aromatic rings. The molecule has 0 N–H and O–H groups in total. The van der Waals surface area contributed by atoms with E-state index in [9.17, 15) is 0 Å². The first-order valence-electron chi connectivity index (χ1n) is 18.1. The van der Waals surface area contributed by atoms with Crippen molar-refractivity contribution in [1.29, 1.82) is 0 Å². The molecule has 240 valence electrons. The van der Waals surface area contributed by atoms with Crippen molar-refractivity contribution >= 4 is 29.2 Å². The van der Waals surface area contributed by atoms with Crippen molar-refractivity contribution in [3.05, 3.63) is 207 Å². The first-order valence-corrected chi connectivity index (χ1v) is 18.1. The Kier molecular flexibility index (Phi) is 6.55. The third-order valence-electron chi connectivity index (χ3n) is 11.7. The second-order valence-electron chi connectivity index (χ2n) is 14.8. The summed E-state index contributed by atoms with van der Waals surface area (Å²) in [6, 6.07) is 51.8. The first kappa shape index (κ1) is 29.3. The molecule has 0 aromatic heterocycles. The standard InChI is InChI=1S/C49H39N/c1-49(2)45-30-33(22-21-32-24-27-43-44(29-32)48-41-19-11-9-17-39(41)47(43)40-18-10-12-20-42(40)48)23-26-37(45)38-28-25-36(31-46(38)49)50(34-13-5-3-6-14-34)35-15-7-4-8-16-35/h3-9,11-17,19-31,47-48H,10,18H2,1-2H3/b22-21+. The number of hydrogen-bond donors (Lipinski definition) is 0. The smallest absolute Gasteiger partial charge is 0.0465 e. The summed E-state index contributed by atoms with van der Waals surface area (Å²) in [5.41, 5.74) is 20.5. The summed E-state index contributed by atoms with van der Waals surface area (Å²) in [4.78, 5) is 2.36. The molecule has 0 heterocycles. The molecule has 2 unspecified atom stereocenters. The van der Waals surface area contributed by atoms with Gasteiger partial charge in [-0.3, -0.25) is 0 Å². The minimum absolute atomic E-state index is 0.124. The highest BCUT2D eigenvalue weighted by Gasteiger charge is 2.42. The molecule has 1 heteroatoms. The highest BCUT2D eigenvalue weighted by Crippen LogP contribution is 2.58. The van der Waals surface area contributed by atoms with Gasteiger partial charge in [-0.25, -0.2) is 0 Å². The molecule has 1 nitrogen and oxygen atoms in total. The maximum Gasteiger partial charge on any atom is 0.0465 e. The van der Waals surface area contributed by atoms with Crippen LogP contribution in [0, 0.1) is 0 Å². The Hall–Kier alpha value is -5.66. The fourth-order valence-electron chi connectivity index (χ4n) is 9.36. The van der Waals surface area contributed by atoms with Crippen molar-refractivity contribution in [2.45, 2.75) is 43.9 Å². The van der Waals surface area contributed by atoms with Crippen LogP contribution in [-0.2, 0) is 5.41 Å². The van der Waals surface area contributed by atoms with Gasteiger partial charge in [0.05, 0.1) is 0 Å². The topological polar surface area (TPSA) is 3.24 Å². The van der Waals surface area contributed by atoms with Gasteiger partial charge in [0, 0.05) is 34.3 Å². The third kappa shape index (κ3) is 4.39. The van der Waals surface area contributed by atoms with Gasteiger partial charge in [-0.2, -0.15) is 0 Å². The van der Waals surface area contributed by atoms with Gasteiger partial charge in [-0.15, -0.1) is 0 Å². The minimum Gasteiger partial charge on any atom is -0.310 e. The predicted molar refractivity (Wildman–Crippen MR) is 210 cm³/mol. The molecular weight excluding hydrogens is 603 g/mol. The average molecular weight is 642 g/mol. The summed E-state index contributed by atoms with van der Waals surface area (Å²) < 4.78 is 0. The molecule has 2 bridgehead atoms. The van der Waals surface area contributed by atoms with Crippen LogP contribution in [0.15, 0.2) is 163 Å². The van der Waals surface area contributed by atoms with Gasteiger partial charge < -0.3 is 4.90 Å². The van der Waals surface area contributed by atoms with Crippen molar-refractivity contribution in [2.24, 2.45) is 0 Å². The fourth-order valence-corrected chi connectivity index (χ4v) is 9.36. The number of allylic oxidation sites excluding steroid dienone is 4. The fraction of sp³-hybridized carbons (Fsp3) is 0.143. The molecule has 0 aliphatic heterocycles. The maximum absolute atomic E-state index is 2.46.